The minimum absolute atomic E-state index is 0.0260. The summed E-state index contributed by atoms with van der Waals surface area (Å²) in [5, 5.41) is 15.5. The Labute approximate surface area is 140 Å². The molecular weight excluding hydrogens is 288 g/mol. The van der Waals surface area contributed by atoms with Gasteiger partial charge in [0.1, 0.15) is 0 Å². The van der Waals surface area contributed by atoms with E-state index in [2.05, 4.69) is 44.4 Å². The maximum Gasteiger partial charge on any atom is 0.225 e. The highest BCUT2D eigenvalue weighted by Gasteiger charge is 2.19. The molecule has 0 spiro atoms. The van der Waals surface area contributed by atoms with Crippen molar-refractivity contribution in [1.82, 2.24) is 5.32 Å². The molecule has 3 N–H and O–H groups in total. The third kappa shape index (κ3) is 7.14. The van der Waals surface area contributed by atoms with Gasteiger partial charge in [-0.15, -0.1) is 0 Å². The number of hydrogen-bond donors (Lipinski definition) is 3. The molecule has 0 fully saturated rings. The van der Waals surface area contributed by atoms with Gasteiger partial charge in [-0.25, -0.2) is 0 Å². The SMILES string of the molecule is CC(CC(=O)Nc1ccccc1C(C)C)NCC(C)(C)CCO. The summed E-state index contributed by atoms with van der Waals surface area (Å²) in [5.41, 5.74) is 2.09. The summed E-state index contributed by atoms with van der Waals surface area (Å²) >= 11 is 0. The van der Waals surface area contributed by atoms with E-state index in [1.807, 2.05) is 25.1 Å². The van der Waals surface area contributed by atoms with Gasteiger partial charge < -0.3 is 15.7 Å². The van der Waals surface area contributed by atoms with Crippen molar-refractivity contribution >= 4 is 11.6 Å². The van der Waals surface area contributed by atoms with Gasteiger partial charge in [-0.3, -0.25) is 4.79 Å². The molecule has 0 saturated carbocycles. The van der Waals surface area contributed by atoms with Crippen LogP contribution in [-0.4, -0.2) is 30.2 Å². The van der Waals surface area contributed by atoms with Crippen molar-refractivity contribution in [3.8, 4) is 0 Å². The quantitative estimate of drug-likeness (QED) is 0.652. The summed E-state index contributed by atoms with van der Waals surface area (Å²) in [4.78, 5) is 12.3. The molecule has 0 aliphatic heterocycles. The number of anilines is 1. The fourth-order valence-electron chi connectivity index (χ4n) is 2.51. The van der Waals surface area contributed by atoms with Crippen LogP contribution in [0.4, 0.5) is 5.69 Å². The van der Waals surface area contributed by atoms with E-state index < -0.39 is 0 Å². The molecule has 0 radical (unpaired) electrons. The van der Waals surface area contributed by atoms with Gasteiger partial charge in [0.25, 0.3) is 0 Å². The van der Waals surface area contributed by atoms with Crippen molar-refractivity contribution in [2.24, 2.45) is 5.41 Å². The number of rotatable bonds is 9. The minimum atomic E-state index is 0.0260. The Hall–Kier alpha value is -1.39. The summed E-state index contributed by atoms with van der Waals surface area (Å²) in [6.07, 6.45) is 1.18. The van der Waals surface area contributed by atoms with Crippen molar-refractivity contribution in [2.45, 2.75) is 59.4 Å². The first-order chi connectivity index (χ1) is 10.7. The van der Waals surface area contributed by atoms with Crippen LogP contribution in [0.25, 0.3) is 0 Å². The molecule has 0 aromatic heterocycles. The molecule has 23 heavy (non-hydrogen) atoms. The standard InChI is InChI=1S/C19H32N2O2/c1-14(2)16-8-6-7-9-17(16)21-18(23)12-15(3)20-13-19(4,5)10-11-22/h6-9,14-15,20,22H,10-13H2,1-5H3,(H,21,23). The molecule has 1 amide bonds. The normalized spacial score (nSPS) is 13.2. The summed E-state index contributed by atoms with van der Waals surface area (Å²) in [7, 11) is 0. The maximum absolute atomic E-state index is 12.3. The van der Waals surface area contributed by atoms with E-state index in [9.17, 15) is 4.79 Å². The van der Waals surface area contributed by atoms with Crippen LogP contribution in [0.3, 0.4) is 0 Å². The monoisotopic (exact) mass is 320 g/mol. The van der Waals surface area contributed by atoms with Crippen molar-refractivity contribution in [1.29, 1.82) is 0 Å². The predicted molar refractivity (Wildman–Crippen MR) is 96.7 cm³/mol. The van der Waals surface area contributed by atoms with E-state index in [-0.39, 0.29) is 24.0 Å². The first kappa shape index (κ1) is 19.7. The Kier molecular flexibility index (Phi) is 7.73. The number of hydrogen-bond acceptors (Lipinski definition) is 3. The van der Waals surface area contributed by atoms with Crippen LogP contribution in [0.15, 0.2) is 24.3 Å². The van der Waals surface area contributed by atoms with Gasteiger partial charge in [0, 0.05) is 31.3 Å². The van der Waals surface area contributed by atoms with E-state index in [1.54, 1.807) is 0 Å². The average molecular weight is 320 g/mol. The van der Waals surface area contributed by atoms with E-state index in [1.165, 1.54) is 0 Å². The van der Waals surface area contributed by atoms with E-state index >= 15 is 0 Å². The lowest BCUT2D eigenvalue weighted by molar-refractivity contribution is -0.116. The lowest BCUT2D eigenvalue weighted by atomic mass is 9.89. The molecule has 1 aromatic carbocycles. The van der Waals surface area contributed by atoms with Gasteiger partial charge in [0.05, 0.1) is 0 Å². The second-order valence-corrected chi connectivity index (χ2v) is 7.41. The van der Waals surface area contributed by atoms with Crippen LogP contribution in [0, 0.1) is 5.41 Å². The van der Waals surface area contributed by atoms with Gasteiger partial charge in [-0.05, 0) is 36.3 Å². The highest BCUT2D eigenvalue weighted by atomic mass is 16.3. The molecule has 0 heterocycles. The molecule has 130 valence electrons. The molecule has 1 unspecified atom stereocenters. The van der Waals surface area contributed by atoms with E-state index in [4.69, 9.17) is 5.11 Å². The Bertz CT molecular complexity index is 498. The molecular formula is C19H32N2O2. The predicted octanol–water partition coefficient (Wildman–Crippen LogP) is 3.53. The Morgan fingerprint density at radius 1 is 1.22 bits per heavy atom. The fourth-order valence-corrected chi connectivity index (χ4v) is 2.51. The lowest BCUT2D eigenvalue weighted by Crippen LogP contribution is -2.38. The molecule has 1 atom stereocenters. The largest absolute Gasteiger partial charge is 0.396 e. The summed E-state index contributed by atoms with van der Waals surface area (Å²) in [5.74, 6) is 0.402. The van der Waals surface area contributed by atoms with Crippen LogP contribution >= 0.6 is 0 Å². The number of aliphatic hydroxyl groups is 1. The van der Waals surface area contributed by atoms with Crippen molar-refractivity contribution < 1.29 is 9.90 Å². The number of benzene rings is 1. The smallest absolute Gasteiger partial charge is 0.225 e. The third-order valence-electron chi connectivity index (χ3n) is 4.07. The van der Waals surface area contributed by atoms with Gasteiger partial charge in [0.2, 0.25) is 5.91 Å². The summed E-state index contributed by atoms with van der Waals surface area (Å²) < 4.78 is 0. The molecule has 4 heteroatoms. The van der Waals surface area contributed by atoms with Crippen LogP contribution in [0.5, 0.6) is 0 Å². The molecule has 4 nitrogen and oxygen atoms in total. The second kappa shape index (κ2) is 9.04. The summed E-state index contributed by atoms with van der Waals surface area (Å²) in [6.45, 7) is 11.5. The number of carbonyl (C=O) groups is 1. The third-order valence-corrected chi connectivity index (χ3v) is 4.07. The Morgan fingerprint density at radius 2 is 1.87 bits per heavy atom. The van der Waals surface area contributed by atoms with Crippen molar-refractivity contribution in [3.05, 3.63) is 29.8 Å². The Morgan fingerprint density at radius 3 is 2.48 bits per heavy atom. The molecule has 1 rings (SSSR count). The minimum Gasteiger partial charge on any atom is -0.396 e. The zero-order valence-corrected chi connectivity index (χ0v) is 15.1. The average Bonchev–Trinajstić information content (AvgIpc) is 2.45. The molecule has 0 saturated heterocycles. The molecule has 1 aromatic rings. The number of amides is 1. The van der Waals surface area contributed by atoms with E-state index in [0.717, 1.165) is 24.2 Å². The van der Waals surface area contributed by atoms with Crippen molar-refractivity contribution in [3.63, 3.8) is 0 Å². The molecule has 0 aliphatic carbocycles. The first-order valence-electron chi connectivity index (χ1n) is 8.48. The van der Waals surface area contributed by atoms with Crippen LogP contribution in [0.1, 0.15) is 58.9 Å². The van der Waals surface area contributed by atoms with Crippen LogP contribution in [0.2, 0.25) is 0 Å². The Balaban J connectivity index is 2.51. The first-order valence-corrected chi connectivity index (χ1v) is 8.48. The molecule has 0 bridgehead atoms. The second-order valence-electron chi connectivity index (χ2n) is 7.41. The van der Waals surface area contributed by atoms with Gasteiger partial charge in [-0.2, -0.15) is 0 Å². The number of nitrogens with one attached hydrogen (secondary N) is 2. The highest BCUT2D eigenvalue weighted by Crippen LogP contribution is 2.24. The topological polar surface area (TPSA) is 61.4 Å². The maximum atomic E-state index is 12.3. The van der Waals surface area contributed by atoms with Gasteiger partial charge >= 0.3 is 0 Å². The number of aliphatic hydroxyl groups excluding tert-OH is 1. The zero-order chi connectivity index (χ0) is 17.5. The molecule has 0 aliphatic rings. The zero-order valence-electron chi connectivity index (χ0n) is 15.1. The van der Waals surface area contributed by atoms with Gasteiger partial charge in [-0.1, -0.05) is 45.9 Å². The van der Waals surface area contributed by atoms with Gasteiger partial charge in [0.15, 0.2) is 0 Å². The number of carbonyl (C=O) groups excluding carboxylic acids is 1. The number of para-hydroxylation sites is 1. The fraction of sp³-hybridized carbons (Fsp3) is 0.632. The van der Waals surface area contributed by atoms with Crippen LogP contribution < -0.4 is 10.6 Å². The van der Waals surface area contributed by atoms with Crippen LogP contribution in [-0.2, 0) is 4.79 Å². The lowest BCUT2D eigenvalue weighted by Gasteiger charge is -2.26. The summed E-state index contributed by atoms with van der Waals surface area (Å²) in [6, 6.07) is 8.05. The van der Waals surface area contributed by atoms with E-state index in [0.29, 0.717) is 12.3 Å². The van der Waals surface area contributed by atoms with Crippen molar-refractivity contribution in [2.75, 3.05) is 18.5 Å². The highest BCUT2D eigenvalue weighted by molar-refractivity contribution is 5.91.